The SMILES string of the molecule is CN1CCCC(CNC(=O)N2CCSCC2)C1c1cccs1. The van der Waals surface area contributed by atoms with Gasteiger partial charge in [0.15, 0.2) is 0 Å². The van der Waals surface area contributed by atoms with Gasteiger partial charge in [-0.05, 0) is 43.8 Å². The van der Waals surface area contributed by atoms with E-state index in [2.05, 4.69) is 34.8 Å². The number of hydrogen-bond acceptors (Lipinski definition) is 4. The highest BCUT2D eigenvalue weighted by molar-refractivity contribution is 7.99. The summed E-state index contributed by atoms with van der Waals surface area (Å²) in [5, 5.41) is 5.34. The Morgan fingerprint density at radius 3 is 2.91 bits per heavy atom. The number of thioether (sulfide) groups is 1. The fraction of sp³-hybridized carbons (Fsp3) is 0.688. The first-order chi connectivity index (χ1) is 10.8. The van der Waals surface area contributed by atoms with Crippen molar-refractivity contribution >= 4 is 29.1 Å². The summed E-state index contributed by atoms with van der Waals surface area (Å²) in [6.07, 6.45) is 2.42. The van der Waals surface area contributed by atoms with Crippen LogP contribution in [0.3, 0.4) is 0 Å². The van der Waals surface area contributed by atoms with Crippen LogP contribution in [0, 0.1) is 5.92 Å². The molecule has 2 aliphatic rings. The summed E-state index contributed by atoms with van der Waals surface area (Å²) in [5.41, 5.74) is 0. The fourth-order valence-electron chi connectivity index (χ4n) is 3.48. The van der Waals surface area contributed by atoms with Crippen molar-refractivity contribution in [2.75, 3.05) is 44.7 Å². The van der Waals surface area contributed by atoms with E-state index in [1.807, 2.05) is 28.0 Å². The van der Waals surface area contributed by atoms with Gasteiger partial charge >= 0.3 is 6.03 Å². The molecule has 0 spiro atoms. The summed E-state index contributed by atoms with van der Waals surface area (Å²) in [5.74, 6) is 2.65. The minimum absolute atomic E-state index is 0.124. The number of carbonyl (C=O) groups excluding carboxylic acids is 1. The number of nitrogens with one attached hydrogen (secondary N) is 1. The molecule has 2 saturated heterocycles. The van der Waals surface area contributed by atoms with Crippen LogP contribution < -0.4 is 5.32 Å². The van der Waals surface area contributed by atoms with Gasteiger partial charge in [0.1, 0.15) is 0 Å². The van der Waals surface area contributed by atoms with Gasteiger partial charge in [0.05, 0.1) is 0 Å². The lowest BCUT2D eigenvalue weighted by Crippen LogP contribution is -2.47. The first-order valence-corrected chi connectivity index (χ1v) is 10.1. The van der Waals surface area contributed by atoms with Crippen molar-refractivity contribution in [3.63, 3.8) is 0 Å². The number of nitrogens with zero attached hydrogens (tertiary/aromatic N) is 2. The van der Waals surface area contributed by atoms with Crippen LogP contribution in [0.1, 0.15) is 23.8 Å². The summed E-state index contributed by atoms with van der Waals surface area (Å²) in [6, 6.07) is 4.93. The molecule has 0 bridgehead atoms. The van der Waals surface area contributed by atoms with E-state index < -0.39 is 0 Å². The van der Waals surface area contributed by atoms with Crippen LogP contribution in [0.15, 0.2) is 17.5 Å². The lowest BCUT2D eigenvalue weighted by atomic mass is 9.88. The second kappa shape index (κ2) is 7.70. The Morgan fingerprint density at radius 1 is 1.36 bits per heavy atom. The largest absolute Gasteiger partial charge is 0.338 e. The highest BCUT2D eigenvalue weighted by Gasteiger charge is 2.31. The van der Waals surface area contributed by atoms with E-state index in [-0.39, 0.29) is 6.03 Å². The van der Waals surface area contributed by atoms with Gasteiger partial charge in [-0.3, -0.25) is 4.90 Å². The second-order valence-electron chi connectivity index (χ2n) is 6.13. The molecule has 6 heteroatoms. The average molecular weight is 340 g/mol. The van der Waals surface area contributed by atoms with E-state index in [0.717, 1.165) is 37.7 Å². The van der Waals surface area contributed by atoms with E-state index in [1.54, 1.807) is 0 Å². The number of hydrogen-bond donors (Lipinski definition) is 1. The summed E-state index contributed by atoms with van der Waals surface area (Å²) >= 11 is 3.77. The van der Waals surface area contributed by atoms with Crippen LogP contribution in [-0.2, 0) is 0 Å². The van der Waals surface area contributed by atoms with Gasteiger partial charge in [0.2, 0.25) is 0 Å². The van der Waals surface area contributed by atoms with Crippen molar-refractivity contribution < 1.29 is 4.79 Å². The molecule has 0 aromatic carbocycles. The minimum Gasteiger partial charge on any atom is -0.338 e. The zero-order chi connectivity index (χ0) is 15.4. The Labute approximate surface area is 141 Å². The number of amides is 2. The molecule has 1 aromatic heterocycles. The predicted octanol–water partition coefficient (Wildman–Crippen LogP) is 2.89. The zero-order valence-corrected chi connectivity index (χ0v) is 14.8. The Morgan fingerprint density at radius 2 is 2.18 bits per heavy atom. The van der Waals surface area contributed by atoms with Crippen molar-refractivity contribution in [2.24, 2.45) is 5.92 Å². The lowest BCUT2D eigenvalue weighted by Gasteiger charge is -2.39. The van der Waals surface area contributed by atoms with E-state index >= 15 is 0 Å². The lowest BCUT2D eigenvalue weighted by molar-refractivity contribution is 0.121. The minimum atomic E-state index is 0.124. The molecule has 2 fully saturated rings. The highest BCUT2D eigenvalue weighted by Crippen LogP contribution is 2.36. The molecule has 1 N–H and O–H groups in total. The molecular weight excluding hydrogens is 314 g/mol. The highest BCUT2D eigenvalue weighted by atomic mass is 32.2. The maximum Gasteiger partial charge on any atom is 0.317 e. The molecule has 1 aromatic rings. The van der Waals surface area contributed by atoms with Crippen molar-refractivity contribution in [3.05, 3.63) is 22.4 Å². The zero-order valence-electron chi connectivity index (χ0n) is 13.2. The third-order valence-electron chi connectivity index (χ3n) is 4.66. The molecule has 4 nitrogen and oxygen atoms in total. The molecule has 0 aliphatic carbocycles. The molecule has 22 heavy (non-hydrogen) atoms. The molecule has 2 atom stereocenters. The van der Waals surface area contributed by atoms with E-state index in [1.165, 1.54) is 17.7 Å². The smallest absolute Gasteiger partial charge is 0.317 e. The average Bonchev–Trinajstić information content (AvgIpc) is 3.07. The molecule has 122 valence electrons. The van der Waals surface area contributed by atoms with E-state index in [4.69, 9.17) is 0 Å². The van der Waals surface area contributed by atoms with Crippen LogP contribution in [0.2, 0.25) is 0 Å². The number of thiophene rings is 1. The summed E-state index contributed by atoms with van der Waals surface area (Å²) in [4.78, 5) is 18.1. The van der Waals surface area contributed by atoms with Gasteiger partial charge in [0.25, 0.3) is 0 Å². The monoisotopic (exact) mass is 339 g/mol. The molecule has 3 rings (SSSR count). The van der Waals surface area contributed by atoms with E-state index in [0.29, 0.717) is 12.0 Å². The van der Waals surface area contributed by atoms with Gasteiger partial charge in [-0.25, -0.2) is 4.79 Å². The Hall–Kier alpha value is -0.720. The van der Waals surface area contributed by atoms with Crippen molar-refractivity contribution in [2.45, 2.75) is 18.9 Å². The van der Waals surface area contributed by atoms with Crippen molar-refractivity contribution in [1.82, 2.24) is 15.1 Å². The fourth-order valence-corrected chi connectivity index (χ4v) is 5.37. The van der Waals surface area contributed by atoms with Crippen LogP contribution in [0.25, 0.3) is 0 Å². The van der Waals surface area contributed by atoms with E-state index in [9.17, 15) is 4.79 Å². The number of urea groups is 1. The molecular formula is C16H25N3OS2. The molecule has 0 saturated carbocycles. The Bertz CT molecular complexity index is 474. The van der Waals surface area contributed by atoms with Gasteiger partial charge < -0.3 is 10.2 Å². The number of carbonyl (C=O) groups is 1. The van der Waals surface area contributed by atoms with Crippen LogP contribution in [-0.4, -0.2) is 60.6 Å². The van der Waals surface area contributed by atoms with Gasteiger partial charge in [-0.1, -0.05) is 6.07 Å². The number of likely N-dealkylation sites (tertiary alicyclic amines) is 1. The van der Waals surface area contributed by atoms with Crippen LogP contribution >= 0.6 is 23.1 Å². The molecule has 3 heterocycles. The van der Waals surface area contributed by atoms with Gasteiger partial charge in [0, 0.05) is 42.1 Å². The summed E-state index contributed by atoms with van der Waals surface area (Å²) in [7, 11) is 2.21. The molecule has 2 unspecified atom stereocenters. The Balaban J connectivity index is 1.58. The molecule has 0 radical (unpaired) electrons. The first-order valence-electron chi connectivity index (χ1n) is 8.10. The predicted molar refractivity (Wildman–Crippen MR) is 94.7 cm³/mol. The number of piperidine rings is 1. The van der Waals surface area contributed by atoms with Crippen LogP contribution in [0.4, 0.5) is 4.79 Å². The third kappa shape index (κ3) is 3.78. The quantitative estimate of drug-likeness (QED) is 0.920. The molecule has 2 aliphatic heterocycles. The third-order valence-corrected chi connectivity index (χ3v) is 6.54. The van der Waals surface area contributed by atoms with Crippen molar-refractivity contribution in [3.8, 4) is 0 Å². The maximum atomic E-state index is 12.3. The van der Waals surface area contributed by atoms with Crippen molar-refractivity contribution in [1.29, 1.82) is 0 Å². The standard InChI is InChI=1S/C16H25N3OS2/c1-18-6-2-4-13(15(18)14-5-3-9-22-14)12-17-16(20)19-7-10-21-11-8-19/h3,5,9,13,15H,2,4,6-8,10-12H2,1H3,(H,17,20). The topological polar surface area (TPSA) is 35.6 Å². The van der Waals surface area contributed by atoms with Gasteiger partial charge in [-0.15, -0.1) is 11.3 Å². The maximum absolute atomic E-state index is 12.3. The Kier molecular flexibility index (Phi) is 5.66. The second-order valence-corrected chi connectivity index (χ2v) is 8.33. The summed E-state index contributed by atoms with van der Waals surface area (Å²) in [6.45, 7) is 3.70. The summed E-state index contributed by atoms with van der Waals surface area (Å²) < 4.78 is 0. The first kappa shape index (κ1) is 16.1. The molecule has 2 amide bonds. The van der Waals surface area contributed by atoms with Crippen LogP contribution in [0.5, 0.6) is 0 Å². The normalized spacial score (nSPS) is 26.9. The number of rotatable bonds is 3. The van der Waals surface area contributed by atoms with Gasteiger partial charge in [-0.2, -0.15) is 11.8 Å².